The van der Waals surface area contributed by atoms with Gasteiger partial charge in [-0.2, -0.15) is 0 Å². The number of rotatable bonds is 4. The summed E-state index contributed by atoms with van der Waals surface area (Å²) in [6.07, 6.45) is 2.97. The lowest BCUT2D eigenvalue weighted by atomic mass is 10.2. The van der Waals surface area contributed by atoms with Crippen molar-refractivity contribution in [2.45, 2.75) is 0 Å². The van der Waals surface area contributed by atoms with Gasteiger partial charge in [0.05, 0.1) is 6.54 Å². The second-order valence-corrected chi connectivity index (χ2v) is 4.21. The quantitative estimate of drug-likeness (QED) is 0.790. The number of carbonyl (C=O) groups is 3. The van der Waals surface area contributed by atoms with Gasteiger partial charge in [0.2, 0.25) is 11.8 Å². The van der Waals surface area contributed by atoms with Crippen LogP contribution in [0.1, 0.15) is 5.56 Å². The van der Waals surface area contributed by atoms with E-state index < -0.39 is 17.8 Å². The molecular weight excluding hydrogens is 258 g/mol. The minimum atomic E-state index is -0.565. The molecule has 0 saturated heterocycles. The van der Waals surface area contributed by atoms with E-state index >= 15 is 0 Å². The molecule has 0 aromatic heterocycles. The molecule has 1 aromatic carbocycles. The Morgan fingerprint density at radius 2 is 1.80 bits per heavy atom. The molecule has 0 radical (unpaired) electrons. The molecule has 0 spiro atoms. The van der Waals surface area contributed by atoms with E-state index in [1.54, 1.807) is 6.08 Å². The maximum absolute atomic E-state index is 11.5. The van der Waals surface area contributed by atoms with Gasteiger partial charge in [0.25, 0.3) is 0 Å². The van der Waals surface area contributed by atoms with E-state index in [0.29, 0.717) is 0 Å². The highest BCUT2D eigenvalue weighted by atomic mass is 16.2. The third-order valence-electron chi connectivity index (χ3n) is 2.30. The van der Waals surface area contributed by atoms with Gasteiger partial charge in [0, 0.05) is 20.2 Å². The summed E-state index contributed by atoms with van der Waals surface area (Å²) in [5.41, 5.74) is 0.884. The van der Waals surface area contributed by atoms with Gasteiger partial charge in [0.15, 0.2) is 0 Å². The first-order valence-corrected chi connectivity index (χ1v) is 6.01. The van der Waals surface area contributed by atoms with Gasteiger partial charge in [-0.15, -0.1) is 0 Å². The largest absolute Gasteiger partial charge is 0.343 e. The van der Waals surface area contributed by atoms with Crippen molar-refractivity contribution in [1.29, 1.82) is 0 Å². The molecule has 0 aliphatic carbocycles. The highest BCUT2D eigenvalue weighted by Crippen LogP contribution is 2.00. The predicted octanol–water partition coefficient (Wildman–Crippen LogP) is 0.614. The van der Waals surface area contributed by atoms with Crippen LogP contribution in [-0.4, -0.2) is 43.4 Å². The monoisotopic (exact) mass is 275 g/mol. The lowest BCUT2D eigenvalue weighted by molar-refractivity contribution is -0.123. The van der Waals surface area contributed by atoms with Gasteiger partial charge < -0.3 is 10.2 Å². The fraction of sp³-hybridized carbons (Fsp3) is 0.214. The second-order valence-electron chi connectivity index (χ2n) is 4.21. The molecule has 6 nitrogen and oxygen atoms in total. The number of hydrogen-bond donors (Lipinski definition) is 2. The topological polar surface area (TPSA) is 78.5 Å². The molecule has 0 aliphatic heterocycles. The zero-order valence-electron chi connectivity index (χ0n) is 11.4. The molecule has 0 unspecified atom stereocenters. The van der Waals surface area contributed by atoms with Crippen LogP contribution in [0.3, 0.4) is 0 Å². The second kappa shape index (κ2) is 7.73. The van der Waals surface area contributed by atoms with Crippen LogP contribution < -0.4 is 10.6 Å². The first-order valence-electron chi connectivity index (χ1n) is 6.01. The van der Waals surface area contributed by atoms with Crippen LogP contribution in [0.2, 0.25) is 0 Å². The van der Waals surface area contributed by atoms with Gasteiger partial charge in [-0.25, -0.2) is 4.79 Å². The summed E-state index contributed by atoms with van der Waals surface area (Å²) < 4.78 is 0. The number of carbonyl (C=O) groups excluding carboxylic acids is 3. The molecule has 2 N–H and O–H groups in total. The van der Waals surface area contributed by atoms with E-state index in [-0.39, 0.29) is 6.54 Å². The van der Waals surface area contributed by atoms with Crippen molar-refractivity contribution in [3.8, 4) is 0 Å². The molecule has 0 atom stereocenters. The van der Waals surface area contributed by atoms with Gasteiger partial charge in [0.1, 0.15) is 0 Å². The minimum absolute atomic E-state index is 0.252. The minimum Gasteiger partial charge on any atom is -0.343 e. The van der Waals surface area contributed by atoms with E-state index in [9.17, 15) is 14.4 Å². The number of nitrogens with zero attached hydrogens (tertiary/aromatic N) is 1. The zero-order valence-corrected chi connectivity index (χ0v) is 11.4. The van der Waals surface area contributed by atoms with Crippen LogP contribution >= 0.6 is 0 Å². The predicted molar refractivity (Wildman–Crippen MR) is 75.7 cm³/mol. The smallest absolute Gasteiger partial charge is 0.323 e. The standard InChI is InChI=1S/C14H17N3O3/c1-17(2)14(20)16-13(19)10-15-12(18)9-8-11-6-4-3-5-7-11/h3-9H,10H2,1-2H3,(H,15,18)(H,16,19,20). The van der Waals surface area contributed by atoms with Crippen molar-refractivity contribution in [2.24, 2.45) is 0 Å². The van der Waals surface area contributed by atoms with E-state index in [0.717, 1.165) is 5.56 Å². The van der Waals surface area contributed by atoms with Crippen molar-refractivity contribution >= 4 is 23.9 Å². The lowest BCUT2D eigenvalue weighted by Gasteiger charge is -2.10. The Labute approximate surface area is 117 Å². The number of benzene rings is 1. The molecule has 0 bridgehead atoms. The summed E-state index contributed by atoms with van der Waals surface area (Å²) in [6, 6.07) is 8.78. The zero-order chi connectivity index (χ0) is 15.0. The Kier molecular flexibility index (Phi) is 5.96. The van der Waals surface area contributed by atoms with Crippen LogP contribution in [0.5, 0.6) is 0 Å². The number of hydrogen-bond acceptors (Lipinski definition) is 3. The van der Waals surface area contributed by atoms with Crippen molar-refractivity contribution in [2.75, 3.05) is 20.6 Å². The normalized spacial score (nSPS) is 10.1. The number of imide groups is 1. The Hall–Kier alpha value is -2.63. The Bertz CT molecular complexity index is 510. The van der Waals surface area contributed by atoms with E-state index in [2.05, 4.69) is 10.6 Å². The highest BCUT2D eigenvalue weighted by molar-refractivity contribution is 5.98. The SMILES string of the molecule is CN(C)C(=O)NC(=O)CNC(=O)C=Cc1ccccc1. The van der Waals surface area contributed by atoms with Crippen LogP contribution in [0.15, 0.2) is 36.4 Å². The highest BCUT2D eigenvalue weighted by Gasteiger charge is 2.09. The van der Waals surface area contributed by atoms with Gasteiger partial charge in [-0.05, 0) is 11.6 Å². The maximum Gasteiger partial charge on any atom is 0.323 e. The molecule has 6 heteroatoms. The molecule has 1 aromatic rings. The average Bonchev–Trinajstić information content (AvgIpc) is 2.43. The fourth-order valence-corrected chi connectivity index (χ4v) is 1.24. The Morgan fingerprint density at radius 1 is 1.15 bits per heavy atom. The maximum atomic E-state index is 11.5. The van der Waals surface area contributed by atoms with Crippen LogP contribution in [0.25, 0.3) is 6.08 Å². The molecular formula is C14H17N3O3. The number of amides is 4. The van der Waals surface area contributed by atoms with Gasteiger partial charge >= 0.3 is 6.03 Å². The first-order chi connectivity index (χ1) is 9.49. The number of urea groups is 1. The molecule has 4 amide bonds. The van der Waals surface area contributed by atoms with Gasteiger partial charge in [-0.1, -0.05) is 30.3 Å². The van der Waals surface area contributed by atoms with Crippen molar-refractivity contribution in [1.82, 2.24) is 15.5 Å². The van der Waals surface area contributed by atoms with E-state index in [1.165, 1.54) is 25.1 Å². The molecule has 0 fully saturated rings. The summed E-state index contributed by atoms with van der Waals surface area (Å²) in [7, 11) is 3.04. The van der Waals surface area contributed by atoms with E-state index in [1.807, 2.05) is 30.3 Å². The third-order valence-corrected chi connectivity index (χ3v) is 2.30. The van der Waals surface area contributed by atoms with Crippen molar-refractivity contribution < 1.29 is 14.4 Å². The van der Waals surface area contributed by atoms with Crippen molar-refractivity contribution in [3.63, 3.8) is 0 Å². The molecule has 0 heterocycles. The van der Waals surface area contributed by atoms with E-state index in [4.69, 9.17) is 0 Å². The summed E-state index contributed by atoms with van der Waals surface area (Å²) in [5.74, 6) is -0.966. The Morgan fingerprint density at radius 3 is 2.40 bits per heavy atom. The van der Waals surface area contributed by atoms with Crippen molar-refractivity contribution in [3.05, 3.63) is 42.0 Å². The summed E-state index contributed by atoms with van der Waals surface area (Å²) in [6.45, 7) is -0.252. The van der Waals surface area contributed by atoms with Crippen LogP contribution in [-0.2, 0) is 9.59 Å². The summed E-state index contributed by atoms with van der Waals surface area (Å²) in [5, 5.41) is 4.51. The third kappa shape index (κ3) is 5.81. The molecule has 1 rings (SSSR count). The summed E-state index contributed by atoms with van der Waals surface area (Å²) >= 11 is 0. The van der Waals surface area contributed by atoms with Gasteiger partial charge in [-0.3, -0.25) is 14.9 Å². The molecule has 20 heavy (non-hydrogen) atoms. The lowest BCUT2D eigenvalue weighted by Crippen LogP contribution is -2.43. The van der Waals surface area contributed by atoms with Crippen LogP contribution in [0, 0.1) is 0 Å². The summed E-state index contributed by atoms with van der Waals surface area (Å²) in [4.78, 5) is 35.2. The molecule has 0 saturated carbocycles. The number of nitrogens with one attached hydrogen (secondary N) is 2. The fourth-order valence-electron chi connectivity index (χ4n) is 1.24. The first kappa shape index (κ1) is 15.4. The molecule has 0 aliphatic rings. The van der Waals surface area contributed by atoms with Crippen LogP contribution in [0.4, 0.5) is 4.79 Å². The Balaban J connectivity index is 2.35. The molecule has 106 valence electrons. The average molecular weight is 275 g/mol.